The van der Waals surface area contributed by atoms with Crippen molar-refractivity contribution in [1.82, 2.24) is 14.6 Å². The standard InChI is InChI=1S/C14H22N4S/c1-9-5-6-10(7-9)15-12-17-18-8-11(14(2,3)4)16-13(18)19-12/h8-10H,5-7H2,1-4H3,(H,15,17). The third kappa shape index (κ3) is 2.61. The molecule has 0 aromatic carbocycles. The van der Waals surface area contributed by atoms with Gasteiger partial charge in [-0.25, -0.2) is 9.50 Å². The number of imidazole rings is 1. The summed E-state index contributed by atoms with van der Waals surface area (Å²) in [4.78, 5) is 5.66. The molecule has 1 fully saturated rings. The highest BCUT2D eigenvalue weighted by atomic mass is 32.1. The Morgan fingerprint density at radius 2 is 2.16 bits per heavy atom. The summed E-state index contributed by atoms with van der Waals surface area (Å²) in [5.74, 6) is 0.842. The molecule has 0 amide bonds. The van der Waals surface area contributed by atoms with Gasteiger partial charge in [0.15, 0.2) is 0 Å². The lowest BCUT2D eigenvalue weighted by Crippen LogP contribution is -2.15. The molecule has 2 aromatic rings. The van der Waals surface area contributed by atoms with Crippen LogP contribution in [0.4, 0.5) is 5.13 Å². The van der Waals surface area contributed by atoms with Crippen LogP contribution in [0.2, 0.25) is 0 Å². The Hall–Kier alpha value is -1.10. The lowest BCUT2D eigenvalue weighted by atomic mass is 9.93. The first-order valence-corrected chi connectivity index (χ1v) is 7.87. The zero-order chi connectivity index (χ0) is 13.6. The summed E-state index contributed by atoms with van der Waals surface area (Å²) in [6.45, 7) is 8.86. The van der Waals surface area contributed by atoms with E-state index in [4.69, 9.17) is 0 Å². The summed E-state index contributed by atoms with van der Waals surface area (Å²) in [7, 11) is 0. The van der Waals surface area contributed by atoms with E-state index in [0.717, 1.165) is 21.7 Å². The molecule has 2 aromatic heterocycles. The zero-order valence-corrected chi connectivity index (χ0v) is 12.9. The summed E-state index contributed by atoms with van der Waals surface area (Å²) >= 11 is 1.65. The van der Waals surface area contributed by atoms with E-state index in [1.807, 2.05) is 10.7 Å². The smallest absolute Gasteiger partial charge is 0.214 e. The van der Waals surface area contributed by atoms with Crippen LogP contribution >= 0.6 is 11.3 Å². The van der Waals surface area contributed by atoms with Gasteiger partial charge in [-0.2, -0.15) is 0 Å². The predicted octanol–water partition coefficient (Wildman–Crippen LogP) is 3.69. The minimum atomic E-state index is 0.0852. The first-order chi connectivity index (χ1) is 8.91. The summed E-state index contributed by atoms with van der Waals surface area (Å²) in [6, 6.07) is 0.591. The Kier molecular flexibility index (Phi) is 3.04. The van der Waals surface area contributed by atoms with Crippen LogP contribution in [-0.2, 0) is 5.41 Å². The number of fused-ring (bicyclic) bond motifs is 1. The molecule has 0 bridgehead atoms. The lowest BCUT2D eigenvalue weighted by Gasteiger charge is -2.13. The molecule has 1 saturated carbocycles. The molecule has 2 heterocycles. The second-order valence-electron chi connectivity index (χ2n) is 6.77. The van der Waals surface area contributed by atoms with E-state index >= 15 is 0 Å². The van der Waals surface area contributed by atoms with Crippen LogP contribution in [0.25, 0.3) is 4.96 Å². The maximum absolute atomic E-state index is 4.67. The van der Waals surface area contributed by atoms with Crippen molar-refractivity contribution >= 4 is 21.4 Å². The maximum Gasteiger partial charge on any atom is 0.214 e. The van der Waals surface area contributed by atoms with Gasteiger partial charge in [0.2, 0.25) is 10.1 Å². The van der Waals surface area contributed by atoms with Crippen LogP contribution in [0.1, 0.15) is 52.7 Å². The Balaban J connectivity index is 1.77. The van der Waals surface area contributed by atoms with E-state index in [1.165, 1.54) is 19.3 Å². The number of rotatable bonds is 2. The van der Waals surface area contributed by atoms with Crippen molar-refractivity contribution in [2.45, 2.75) is 58.4 Å². The van der Waals surface area contributed by atoms with Crippen molar-refractivity contribution in [2.24, 2.45) is 5.92 Å². The van der Waals surface area contributed by atoms with Crippen molar-refractivity contribution in [1.29, 1.82) is 0 Å². The Morgan fingerprint density at radius 3 is 2.74 bits per heavy atom. The fourth-order valence-electron chi connectivity index (χ4n) is 2.63. The van der Waals surface area contributed by atoms with Gasteiger partial charge in [0, 0.05) is 11.5 Å². The SMILES string of the molecule is CC1CCC(Nc2nn3cc(C(C)(C)C)nc3s2)C1. The molecule has 2 atom stereocenters. The lowest BCUT2D eigenvalue weighted by molar-refractivity contribution is 0.572. The van der Waals surface area contributed by atoms with Gasteiger partial charge in [0.05, 0.1) is 11.9 Å². The molecule has 104 valence electrons. The molecule has 0 spiro atoms. The summed E-state index contributed by atoms with van der Waals surface area (Å²) < 4.78 is 1.91. The Bertz CT molecular complexity index is 546. The van der Waals surface area contributed by atoms with Gasteiger partial charge >= 0.3 is 0 Å². The van der Waals surface area contributed by atoms with E-state index in [1.54, 1.807) is 11.3 Å². The average Bonchev–Trinajstić information content (AvgIpc) is 2.91. The molecule has 2 unspecified atom stereocenters. The molecular formula is C14H22N4S. The van der Waals surface area contributed by atoms with E-state index in [2.05, 4.69) is 43.1 Å². The van der Waals surface area contributed by atoms with Crippen molar-refractivity contribution in [3.05, 3.63) is 11.9 Å². The van der Waals surface area contributed by atoms with Crippen LogP contribution in [0.3, 0.4) is 0 Å². The second kappa shape index (κ2) is 4.47. The third-order valence-corrected chi connectivity index (χ3v) is 4.69. The van der Waals surface area contributed by atoms with E-state index in [9.17, 15) is 0 Å². The van der Waals surface area contributed by atoms with Crippen molar-refractivity contribution < 1.29 is 0 Å². The quantitative estimate of drug-likeness (QED) is 0.911. The normalized spacial score (nSPS) is 24.2. The highest BCUT2D eigenvalue weighted by molar-refractivity contribution is 7.20. The maximum atomic E-state index is 4.67. The molecule has 0 aliphatic heterocycles. The van der Waals surface area contributed by atoms with Gasteiger partial charge in [-0.3, -0.25) is 0 Å². The Morgan fingerprint density at radius 1 is 1.37 bits per heavy atom. The molecule has 0 radical (unpaired) electrons. The zero-order valence-electron chi connectivity index (χ0n) is 12.1. The largest absolute Gasteiger partial charge is 0.357 e. The molecule has 4 nitrogen and oxygen atoms in total. The summed E-state index contributed by atoms with van der Waals surface area (Å²) in [5, 5.41) is 9.15. The number of aromatic nitrogens is 3. The Labute approximate surface area is 118 Å². The molecule has 5 heteroatoms. The predicted molar refractivity (Wildman–Crippen MR) is 80.0 cm³/mol. The molecule has 0 saturated heterocycles. The van der Waals surface area contributed by atoms with Gasteiger partial charge in [0.25, 0.3) is 0 Å². The van der Waals surface area contributed by atoms with Crippen molar-refractivity contribution in [3.8, 4) is 0 Å². The summed E-state index contributed by atoms with van der Waals surface area (Å²) in [6.07, 6.45) is 5.90. The van der Waals surface area contributed by atoms with Gasteiger partial charge in [-0.05, 0) is 25.2 Å². The third-order valence-electron chi connectivity index (χ3n) is 3.83. The number of anilines is 1. The van der Waals surface area contributed by atoms with Gasteiger partial charge in [-0.15, -0.1) is 5.10 Å². The average molecular weight is 278 g/mol. The molecule has 3 rings (SSSR count). The van der Waals surface area contributed by atoms with Crippen LogP contribution in [0.15, 0.2) is 6.20 Å². The number of hydrogen-bond acceptors (Lipinski definition) is 4. The number of nitrogens with zero attached hydrogens (tertiary/aromatic N) is 3. The van der Waals surface area contributed by atoms with E-state index < -0.39 is 0 Å². The highest BCUT2D eigenvalue weighted by Crippen LogP contribution is 2.30. The highest BCUT2D eigenvalue weighted by Gasteiger charge is 2.23. The van der Waals surface area contributed by atoms with Crippen LogP contribution in [-0.4, -0.2) is 20.6 Å². The van der Waals surface area contributed by atoms with Gasteiger partial charge in [0.1, 0.15) is 0 Å². The van der Waals surface area contributed by atoms with Gasteiger partial charge in [-0.1, -0.05) is 39.0 Å². The fourth-order valence-corrected chi connectivity index (χ4v) is 3.49. The van der Waals surface area contributed by atoms with E-state index in [-0.39, 0.29) is 5.41 Å². The van der Waals surface area contributed by atoms with Crippen molar-refractivity contribution in [3.63, 3.8) is 0 Å². The topological polar surface area (TPSA) is 42.2 Å². The van der Waals surface area contributed by atoms with Crippen LogP contribution in [0, 0.1) is 5.92 Å². The van der Waals surface area contributed by atoms with Crippen LogP contribution < -0.4 is 5.32 Å². The fraction of sp³-hybridized carbons (Fsp3) is 0.714. The minimum Gasteiger partial charge on any atom is -0.357 e. The monoisotopic (exact) mass is 278 g/mol. The van der Waals surface area contributed by atoms with E-state index in [0.29, 0.717) is 6.04 Å². The molecule has 1 N–H and O–H groups in total. The van der Waals surface area contributed by atoms with Gasteiger partial charge < -0.3 is 5.32 Å². The molecule has 19 heavy (non-hydrogen) atoms. The first-order valence-electron chi connectivity index (χ1n) is 7.05. The van der Waals surface area contributed by atoms with Crippen molar-refractivity contribution in [2.75, 3.05) is 5.32 Å². The minimum absolute atomic E-state index is 0.0852. The first kappa shape index (κ1) is 12.9. The van der Waals surface area contributed by atoms with Crippen LogP contribution in [0.5, 0.6) is 0 Å². The molecule has 1 aliphatic carbocycles. The molecular weight excluding hydrogens is 256 g/mol. The number of nitrogens with one attached hydrogen (secondary N) is 1. The number of hydrogen-bond donors (Lipinski definition) is 1. The molecule has 1 aliphatic rings. The summed E-state index contributed by atoms with van der Waals surface area (Å²) in [5.41, 5.74) is 1.19. The second-order valence-corrected chi connectivity index (χ2v) is 7.73.